The van der Waals surface area contributed by atoms with Crippen molar-refractivity contribution in [3.8, 4) is 0 Å². The fourth-order valence-electron chi connectivity index (χ4n) is 8.54. The van der Waals surface area contributed by atoms with Crippen molar-refractivity contribution in [1.82, 2.24) is 0 Å². The van der Waals surface area contributed by atoms with Gasteiger partial charge in [0.2, 0.25) is 0 Å². The summed E-state index contributed by atoms with van der Waals surface area (Å²) in [5.74, 6) is -0.314. The third-order valence-corrected chi connectivity index (χ3v) is 12.8. The summed E-state index contributed by atoms with van der Waals surface area (Å²) in [5, 5.41) is 40.3. The molecule has 0 aromatic carbocycles. The second-order valence-corrected chi connectivity index (χ2v) is 19.0. The van der Waals surface area contributed by atoms with Gasteiger partial charge in [0.05, 0.1) is 19.8 Å². The molecule has 0 bridgehead atoms. The van der Waals surface area contributed by atoms with E-state index in [1.54, 1.807) is 0 Å². The van der Waals surface area contributed by atoms with Gasteiger partial charge in [-0.15, -0.1) is 0 Å². The fourth-order valence-corrected chi connectivity index (χ4v) is 8.54. The van der Waals surface area contributed by atoms with Crippen molar-refractivity contribution in [2.24, 2.45) is 0 Å². The summed E-state index contributed by atoms with van der Waals surface area (Å²) < 4.78 is 22.9. The second kappa shape index (κ2) is 46.8. The number of hydrogen-bond acceptors (Lipinski definition) is 9. The van der Waals surface area contributed by atoms with Gasteiger partial charge in [-0.25, -0.2) is 0 Å². The molecule has 1 saturated heterocycles. The van der Waals surface area contributed by atoms with Crippen LogP contribution >= 0.6 is 0 Å². The van der Waals surface area contributed by atoms with Crippen LogP contribution < -0.4 is 0 Å². The van der Waals surface area contributed by atoms with Crippen molar-refractivity contribution in [3.05, 3.63) is 24.3 Å². The van der Waals surface area contributed by atoms with Gasteiger partial charge in [0, 0.05) is 13.0 Å². The van der Waals surface area contributed by atoms with Gasteiger partial charge in [0.15, 0.2) is 6.29 Å². The maximum atomic E-state index is 12.8. The van der Waals surface area contributed by atoms with Gasteiger partial charge in [-0.05, 0) is 64.2 Å². The Morgan fingerprint density at radius 1 is 0.484 bits per heavy atom. The topological polar surface area (TPSA) is 135 Å². The van der Waals surface area contributed by atoms with Crippen LogP contribution in [0.5, 0.6) is 0 Å². The van der Waals surface area contributed by atoms with Crippen molar-refractivity contribution >= 4 is 5.97 Å². The Bertz CT molecular complexity index is 1040. The molecular formula is C55H104O9. The molecule has 6 atom stereocenters. The van der Waals surface area contributed by atoms with Gasteiger partial charge < -0.3 is 39.4 Å². The number of hydrogen-bond donors (Lipinski definition) is 4. The molecule has 6 unspecified atom stereocenters. The molecule has 0 radical (unpaired) electrons. The fraction of sp³-hybridized carbons (Fsp3) is 0.909. The zero-order valence-corrected chi connectivity index (χ0v) is 41.8. The molecule has 9 heteroatoms. The van der Waals surface area contributed by atoms with E-state index in [1.807, 2.05) is 0 Å². The van der Waals surface area contributed by atoms with Crippen LogP contribution in [0.3, 0.4) is 0 Å². The smallest absolute Gasteiger partial charge is 0.306 e. The summed E-state index contributed by atoms with van der Waals surface area (Å²) >= 11 is 0. The highest BCUT2D eigenvalue weighted by Gasteiger charge is 2.44. The van der Waals surface area contributed by atoms with Gasteiger partial charge in [0.25, 0.3) is 0 Å². The molecule has 4 N–H and O–H groups in total. The van der Waals surface area contributed by atoms with Crippen LogP contribution in [0.15, 0.2) is 24.3 Å². The monoisotopic (exact) mass is 909 g/mol. The summed E-state index contributed by atoms with van der Waals surface area (Å²) in [5.41, 5.74) is 0. The van der Waals surface area contributed by atoms with E-state index < -0.39 is 43.4 Å². The van der Waals surface area contributed by atoms with Crippen molar-refractivity contribution in [3.63, 3.8) is 0 Å². The molecule has 1 aliphatic rings. The molecule has 0 amide bonds. The minimum atomic E-state index is -1.54. The molecule has 64 heavy (non-hydrogen) atoms. The number of aliphatic hydroxyl groups is 4. The number of ether oxygens (including phenoxy) is 4. The van der Waals surface area contributed by atoms with E-state index in [4.69, 9.17) is 18.9 Å². The first-order chi connectivity index (χ1) is 31.4. The Hall–Kier alpha value is -1.33. The number of aliphatic hydroxyl groups excluding tert-OH is 4. The predicted octanol–water partition coefficient (Wildman–Crippen LogP) is 13.7. The zero-order valence-electron chi connectivity index (χ0n) is 41.8. The Kier molecular flexibility index (Phi) is 44.3. The van der Waals surface area contributed by atoms with Gasteiger partial charge in [-0.2, -0.15) is 0 Å². The highest BCUT2D eigenvalue weighted by Crippen LogP contribution is 2.23. The lowest BCUT2D eigenvalue weighted by Gasteiger charge is -2.39. The van der Waals surface area contributed by atoms with Gasteiger partial charge in [-0.3, -0.25) is 4.79 Å². The SMILES string of the molecule is CCCCCCCC/C=C\CCCCCCCCCC(=O)OC(COCCCCCCCCCCCCCC/C=C\CCCCCCCCCC)COC1OC(CO)C(O)C(O)C1O. The molecule has 0 aromatic heterocycles. The van der Waals surface area contributed by atoms with Crippen molar-refractivity contribution < 1.29 is 44.2 Å². The summed E-state index contributed by atoms with van der Waals surface area (Å²) in [6.07, 6.45) is 49.3. The molecule has 9 nitrogen and oxygen atoms in total. The summed E-state index contributed by atoms with van der Waals surface area (Å²) in [6, 6.07) is 0. The number of allylic oxidation sites excluding steroid dienone is 4. The average Bonchev–Trinajstić information content (AvgIpc) is 3.30. The summed E-state index contributed by atoms with van der Waals surface area (Å²) in [4.78, 5) is 12.8. The maximum Gasteiger partial charge on any atom is 0.306 e. The van der Waals surface area contributed by atoms with Crippen LogP contribution in [0.2, 0.25) is 0 Å². The molecule has 378 valence electrons. The molecular weight excluding hydrogens is 805 g/mol. The van der Waals surface area contributed by atoms with E-state index >= 15 is 0 Å². The maximum absolute atomic E-state index is 12.8. The Morgan fingerprint density at radius 3 is 1.27 bits per heavy atom. The number of carbonyl (C=O) groups excluding carboxylic acids is 1. The molecule has 1 aliphatic heterocycles. The normalized spacial score (nSPS) is 19.6. The second-order valence-electron chi connectivity index (χ2n) is 19.0. The molecule has 0 spiro atoms. The minimum Gasteiger partial charge on any atom is -0.457 e. The van der Waals surface area contributed by atoms with Crippen LogP contribution in [-0.4, -0.2) is 89.6 Å². The standard InChI is InChI=1S/C55H104O9/c1-3-5-7-9-11-13-15-17-19-21-22-23-24-25-26-27-29-31-33-35-37-39-41-43-45-61-47-49(48-62-55-54(60)53(59)52(58)50(46-56)64-55)63-51(57)44-42-40-38-36-34-32-30-28-20-18-16-14-12-10-8-6-4-2/h18,20-22,49-50,52-56,58-60H,3-17,19,23-48H2,1-2H3/b20-18-,22-21-. The summed E-state index contributed by atoms with van der Waals surface area (Å²) in [6.45, 7) is 4.59. The molecule has 1 fully saturated rings. The van der Waals surface area contributed by atoms with Crippen LogP contribution in [-0.2, 0) is 23.7 Å². The largest absolute Gasteiger partial charge is 0.457 e. The highest BCUT2D eigenvalue weighted by atomic mass is 16.7. The Morgan fingerprint density at radius 2 is 0.859 bits per heavy atom. The minimum absolute atomic E-state index is 0.112. The molecule has 1 heterocycles. The van der Waals surface area contributed by atoms with Crippen LogP contribution in [0.25, 0.3) is 0 Å². The van der Waals surface area contributed by atoms with E-state index in [0.717, 1.165) is 32.1 Å². The van der Waals surface area contributed by atoms with Crippen molar-refractivity contribution in [2.45, 2.75) is 295 Å². The lowest BCUT2D eigenvalue weighted by Crippen LogP contribution is -2.59. The van der Waals surface area contributed by atoms with Gasteiger partial charge in [0.1, 0.15) is 30.5 Å². The lowest BCUT2D eigenvalue weighted by atomic mass is 9.99. The van der Waals surface area contributed by atoms with E-state index in [2.05, 4.69) is 38.2 Å². The molecule has 1 rings (SSSR count). The predicted molar refractivity (Wildman–Crippen MR) is 265 cm³/mol. The number of rotatable bonds is 48. The first-order valence-electron chi connectivity index (χ1n) is 27.4. The first kappa shape index (κ1) is 60.7. The number of carbonyl (C=O) groups is 1. The third-order valence-electron chi connectivity index (χ3n) is 12.8. The lowest BCUT2D eigenvalue weighted by molar-refractivity contribution is -0.305. The quantitative estimate of drug-likeness (QED) is 0.0267. The average molecular weight is 909 g/mol. The molecule has 0 aliphatic carbocycles. The number of unbranched alkanes of at least 4 members (excludes halogenated alkanes) is 33. The van der Waals surface area contributed by atoms with E-state index in [1.165, 1.54) is 205 Å². The van der Waals surface area contributed by atoms with E-state index in [9.17, 15) is 25.2 Å². The first-order valence-corrected chi connectivity index (χ1v) is 27.4. The third kappa shape index (κ3) is 36.7. The van der Waals surface area contributed by atoms with Crippen LogP contribution in [0.1, 0.15) is 258 Å². The highest BCUT2D eigenvalue weighted by molar-refractivity contribution is 5.69. The van der Waals surface area contributed by atoms with Crippen molar-refractivity contribution in [1.29, 1.82) is 0 Å². The van der Waals surface area contributed by atoms with E-state index in [0.29, 0.717) is 13.0 Å². The Balaban J connectivity index is 2.16. The number of esters is 1. The zero-order chi connectivity index (χ0) is 46.4. The van der Waals surface area contributed by atoms with Gasteiger partial charge >= 0.3 is 5.97 Å². The molecule has 0 saturated carbocycles. The van der Waals surface area contributed by atoms with Crippen molar-refractivity contribution in [2.75, 3.05) is 26.4 Å². The van der Waals surface area contributed by atoms with Crippen LogP contribution in [0.4, 0.5) is 0 Å². The van der Waals surface area contributed by atoms with E-state index in [-0.39, 0.29) is 19.2 Å². The Labute approximate surface area is 394 Å². The molecule has 0 aromatic rings. The summed E-state index contributed by atoms with van der Waals surface area (Å²) in [7, 11) is 0. The van der Waals surface area contributed by atoms with Crippen LogP contribution in [0, 0.1) is 0 Å². The van der Waals surface area contributed by atoms with Gasteiger partial charge in [-0.1, -0.05) is 212 Å².